The summed E-state index contributed by atoms with van der Waals surface area (Å²) in [4.78, 5) is 59.2. The Morgan fingerprint density at radius 3 is 2.06 bits per heavy atom. The van der Waals surface area contributed by atoms with Crippen LogP contribution in [0.5, 0.6) is 23.0 Å². The van der Waals surface area contributed by atoms with Crippen LogP contribution in [0.25, 0.3) is 0 Å². The molecule has 0 atom stereocenters. The Balaban J connectivity index is 2.76. The molecule has 2 rings (SSSR count). The minimum Gasteiger partial charge on any atom is -0.419 e. The lowest BCUT2D eigenvalue weighted by atomic mass is 10.2. The van der Waals surface area contributed by atoms with E-state index in [-0.39, 0.29) is 18.4 Å². The van der Waals surface area contributed by atoms with Crippen molar-refractivity contribution in [2.45, 2.75) is 40.0 Å². The maximum absolute atomic E-state index is 12.6. The normalized spacial score (nSPS) is 10.2. The fourth-order valence-corrected chi connectivity index (χ4v) is 2.54. The predicted octanol–water partition coefficient (Wildman–Crippen LogP) is 3.76. The van der Waals surface area contributed by atoms with Gasteiger partial charge in [-0.3, -0.25) is 24.5 Å². The number of hydrogen-bond donors (Lipinski definition) is 0. The molecule has 0 spiro atoms. The second kappa shape index (κ2) is 11.4. The summed E-state index contributed by atoms with van der Waals surface area (Å²) in [5, 5.41) is 11.8. The van der Waals surface area contributed by atoms with E-state index < -0.39 is 57.5 Å². The lowest BCUT2D eigenvalue weighted by Crippen LogP contribution is -2.16. The number of ether oxygens (including phenoxy) is 4. The van der Waals surface area contributed by atoms with Crippen LogP contribution >= 0.6 is 0 Å². The smallest absolute Gasteiger partial charge is 0.358 e. The number of hydrogen-bond acceptors (Lipinski definition) is 10. The van der Waals surface area contributed by atoms with Gasteiger partial charge in [0.1, 0.15) is 0 Å². The Morgan fingerprint density at radius 2 is 1.52 bits per heavy atom. The number of esters is 4. The molecule has 0 aliphatic heterocycles. The zero-order chi connectivity index (χ0) is 24.5. The fourth-order valence-electron chi connectivity index (χ4n) is 2.54. The molecule has 0 saturated carbocycles. The van der Waals surface area contributed by atoms with Crippen molar-refractivity contribution in [1.29, 1.82) is 0 Å². The first kappa shape index (κ1) is 25.0. The van der Waals surface area contributed by atoms with Gasteiger partial charge in [0.25, 0.3) is 5.75 Å². The van der Waals surface area contributed by atoms with Crippen molar-refractivity contribution in [1.82, 2.24) is 0 Å². The van der Waals surface area contributed by atoms with Crippen molar-refractivity contribution in [3.8, 4) is 23.0 Å². The highest BCUT2D eigenvalue weighted by Crippen LogP contribution is 2.50. The Bertz CT molecular complexity index is 1080. The van der Waals surface area contributed by atoms with Crippen LogP contribution in [0.15, 0.2) is 36.4 Å². The van der Waals surface area contributed by atoms with Crippen LogP contribution in [0.4, 0.5) is 5.69 Å². The van der Waals surface area contributed by atoms with E-state index in [1.807, 2.05) is 0 Å². The Kier molecular flexibility index (Phi) is 8.61. The van der Waals surface area contributed by atoms with E-state index in [1.54, 1.807) is 25.1 Å². The highest BCUT2D eigenvalue weighted by molar-refractivity contribution is 5.92. The summed E-state index contributed by atoms with van der Waals surface area (Å²) in [6.07, 6.45) is 0.124. The van der Waals surface area contributed by atoms with E-state index in [2.05, 4.69) is 0 Å². The van der Waals surface area contributed by atoms with Gasteiger partial charge in [0, 0.05) is 25.8 Å². The third kappa shape index (κ3) is 6.60. The van der Waals surface area contributed by atoms with Gasteiger partial charge in [0.15, 0.2) is 5.75 Å². The van der Waals surface area contributed by atoms with E-state index >= 15 is 0 Å². The second-order valence-corrected chi connectivity index (χ2v) is 6.54. The molecule has 0 saturated heterocycles. The molecule has 0 heterocycles. The number of carbonyl (C=O) groups excluding carboxylic acids is 4. The Labute approximate surface area is 188 Å². The SMILES string of the molecule is CCCC(=O)Oc1c(OC(=O)c2ccccc2)cc(OC(C)=O)c([N+](=O)[O-])c1OC(=O)CC. The summed E-state index contributed by atoms with van der Waals surface area (Å²) >= 11 is 0. The summed E-state index contributed by atoms with van der Waals surface area (Å²) in [6.45, 7) is 4.12. The first-order valence-electron chi connectivity index (χ1n) is 9.90. The van der Waals surface area contributed by atoms with Gasteiger partial charge in [-0.1, -0.05) is 32.0 Å². The van der Waals surface area contributed by atoms with E-state index in [9.17, 15) is 29.3 Å². The molecule has 0 radical (unpaired) electrons. The van der Waals surface area contributed by atoms with E-state index in [0.29, 0.717) is 6.42 Å². The number of benzene rings is 2. The predicted molar refractivity (Wildman–Crippen MR) is 112 cm³/mol. The quantitative estimate of drug-likeness (QED) is 0.235. The molecule has 174 valence electrons. The van der Waals surface area contributed by atoms with Crippen LogP contribution in [0.2, 0.25) is 0 Å². The van der Waals surface area contributed by atoms with Crippen molar-refractivity contribution < 1.29 is 43.0 Å². The van der Waals surface area contributed by atoms with Crippen molar-refractivity contribution in [3.63, 3.8) is 0 Å². The Hall–Kier alpha value is -4.28. The van der Waals surface area contributed by atoms with E-state index in [1.165, 1.54) is 19.1 Å². The maximum atomic E-state index is 12.6. The summed E-state index contributed by atoms with van der Waals surface area (Å²) < 4.78 is 20.5. The minimum atomic E-state index is -0.976. The molecule has 11 heteroatoms. The monoisotopic (exact) mass is 459 g/mol. The minimum absolute atomic E-state index is 0.0767. The first-order valence-corrected chi connectivity index (χ1v) is 9.90. The van der Waals surface area contributed by atoms with Crippen LogP contribution in [0.3, 0.4) is 0 Å². The molecular formula is C22H21NO10. The van der Waals surface area contributed by atoms with Crippen LogP contribution in [-0.4, -0.2) is 28.8 Å². The molecule has 2 aromatic rings. The third-order valence-electron chi connectivity index (χ3n) is 3.96. The number of nitrogens with zero attached hydrogens (tertiary/aromatic N) is 1. The highest BCUT2D eigenvalue weighted by atomic mass is 16.6. The zero-order valence-electron chi connectivity index (χ0n) is 18.1. The number of nitro benzene ring substituents is 1. The van der Waals surface area contributed by atoms with Crippen LogP contribution in [0.1, 0.15) is 50.4 Å². The largest absolute Gasteiger partial charge is 0.419 e. The van der Waals surface area contributed by atoms with Crippen molar-refractivity contribution in [2.24, 2.45) is 0 Å². The first-order chi connectivity index (χ1) is 15.7. The van der Waals surface area contributed by atoms with Crippen LogP contribution in [-0.2, 0) is 14.4 Å². The standard InChI is InChI=1S/C22H21NO10/c1-4-9-18(26)33-20-16(31-22(27)14-10-7-6-8-11-14)12-15(30-13(3)24)19(23(28)29)21(20)32-17(25)5-2/h6-8,10-12H,4-5,9H2,1-3H3. The lowest BCUT2D eigenvalue weighted by Gasteiger charge is -2.16. The molecule has 0 fully saturated rings. The third-order valence-corrected chi connectivity index (χ3v) is 3.96. The molecule has 33 heavy (non-hydrogen) atoms. The molecule has 0 aliphatic carbocycles. The van der Waals surface area contributed by atoms with Crippen molar-refractivity contribution in [3.05, 3.63) is 52.1 Å². The molecule has 2 aromatic carbocycles. The average molecular weight is 459 g/mol. The molecule has 11 nitrogen and oxygen atoms in total. The average Bonchev–Trinajstić information content (AvgIpc) is 2.76. The summed E-state index contributed by atoms with van der Waals surface area (Å²) in [6, 6.07) is 8.56. The van der Waals surface area contributed by atoms with Gasteiger partial charge in [-0.15, -0.1) is 0 Å². The summed E-state index contributed by atoms with van der Waals surface area (Å²) in [5.74, 6) is -6.25. The van der Waals surface area contributed by atoms with Gasteiger partial charge in [-0.25, -0.2) is 4.79 Å². The van der Waals surface area contributed by atoms with Gasteiger partial charge >= 0.3 is 29.6 Å². The van der Waals surface area contributed by atoms with Crippen LogP contribution < -0.4 is 18.9 Å². The highest BCUT2D eigenvalue weighted by Gasteiger charge is 2.35. The van der Waals surface area contributed by atoms with E-state index in [4.69, 9.17) is 18.9 Å². The maximum Gasteiger partial charge on any atom is 0.358 e. The molecule has 0 bridgehead atoms. The molecular weight excluding hydrogens is 438 g/mol. The van der Waals surface area contributed by atoms with Gasteiger partial charge in [-0.2, -0.15) is 0 Å². The number of rotatable bonds is 9. The number of nitro groups is 1. The molecule has 0 amide bonds. The fraction of sp³-hybridized carbons (Fsp3) is 0.273. The van der Waals surface area contributed by atoms with Crippen molar-refractivity contribution in [2.75, 3.05) is 0 Å². The van der Waals surface area contributed by atoms with Gasteiger partial charge in [0.2, 0.25) is 11.5 Å². The topological polar surface area (TPSA) is 148 Å². The summed E-state index contributed by atoms with van der Waals surface area (Å²) in [7, 11) is 0. The molecule has 0 N–H and O–H groups in total. The van der Waals surface area contributed by atoms with Gasteiger partial charge < -0.3 is 18.9 Å². The van der Waals surface area contributed by atoms with Crippen molar-refractivity contribution >= 4 is 29.6 Å². The Morgan fingerprint density at radius 1 is 0.879 bits per heavy atom. The lowest BCUT2D eigenvalue weighted by molar-refractivity contribution is -0.386. The molecule has 0 aromatic heterocycles. The molecule has 0 unspecified atom stereocenters. The van der Waals surface area contributed by atoms with Crippen LogP contribution in [0, 0.1) is 10.1 Å². The number of carbonyl (C=O) groups is 4. The molecule has 0 aliphatic rings. The zero-order valence-corrected chi connectivity index (χ0v) is 18.1. The van der Waals surface area contributed by atoms with E-state index in [0.717, 1.165) is 13.0 Å². The van der Waals surface area contributed by atoms with Gasteiger partial charge in [0.05, 0.1) is 10.5 Å². The van der Waals surface area contributed by atoms with Gasteiger partial charge in [-0.05, 0) is 18.6 Å². The summed E-state index contributed by atoms with van der Waals surface area (Å²) in [5.41, 5.74) is -0.839. The second-order valence-electron chi connectivity index (χ2n) is 6.54.